The number of nitrogens with zero attached hydrogens (tertiary/aromatic N) is 1. The zero-order valence-corrected chi connectivity index (χ0v) is 6.76. The van der Waals surface area contributed by atoms with Crippen molar-refractivity contribution in [2.75, 3.05) is 0 Å². The van der Waals surface area contributed by atoms with Gasteiger partial charge in [0.15, 0.2) is 0 Å². The van der Waals surface area contributed by atoms with Crippen LogP contribution in [-0.4, -0.2) is 10.5 Å². The quantitative estimate of drug-likeness (QED) is 0.375. The Morgan fingerprint density at radius 2 is 1.33 bits per heavy atom. The second-order valence-electron chi connectivity index (χ2n) is 2.43. The smallest absolute Gasteiger partial charge is 0.214 e. The second kappa shape index (κ2) is 4.30. The minimum Gasteiger partial charge on any atom is -0.264 e. The highest BCUT2D eigenvalue weighted by atomic mass is 16.6. The molecule has 0 aromatic heterocycles. The average molecular weight is 133 g/mol. The molecule has 0 radical (unpaired) electrons. The van der Waals surface area contributed by atoms with Crippen molar-refractivity contribution in [3.8, 4) is 0 Å². The lowest BCUT2D eigenvalue weighted by molar-refractivity contribution is -0.555. The van der Waals surface area contributed by atoms with E-state index >= 15 is 0 Å². The monoisotopic (exact) mass is 133 g/mol. The Bertz CT molecular complexity index is 83.5. The van der Waals surface area contributed by atoms with E-state index in [1.165, 1.54) is 0 Å². The summed E-state index contributed by atoms with van der Waals surface area (Å²) in [5.41, 5.74) is -0.778. The van der Waals surface area contributed by atoms with Crippen LogP contribution in [-0.2, 0) is 0 Å². The van der Waals surface area contributed by atoms with Crippen molar-refractivity contribution in [2.24, 2.45) is 0 Å². The molecular formula is C6H15NO2. The van der Waals surface area contributed by atoms with Crippen LogP contribution in [0, 0.1) is 10.1 Å². The van der Waals surface area contributed by atoms with Crippen LogP contribution in [0.5, 0.6) is 0 Å². The van der Waals surface area contributed by atoms with Crippen LogP contribution in [0.25, 0.3) is 0 Å². The van der Waals surface area contributed by atoms with Crippen molar-refractivity contribution in [2.45, 2.75) is 40.2 Å². The van der Waals surface area contributed by atoms with Gasteiger partial charge in [0.05, 0.1) is 0 Å². The van der Waals surface area contributed by atoms with E-state index in [9.17, 15) is 10.1 Å². The fraction of sp³-hybridized carbons (Fsp3) is 1.00. The van der Waals surface area contributed by atoms with Gasteiger partial charge in [-0.25, -0.2) is 0 Å². The molecule has 56 valence electrons. The first kappa shape index (κ1) is 11.2. The Kier molecular flexibility index (Phi) is 5.36. The van der Waals surface area contributed by atoms with Crippen molar-refractivity contribution in [1.82, 2.24) is 0 Å². The topological polar surface area (TPSA) is 43.1 Å². The normalized spacial score (nSPS) is 9.44. The summed E-state index contributed by atoms with van der Waals surface area (Å²) < 4.78 is 0. The van der Waals surface area contributed by atoms with E-state index in [0.29, 0.717) is 0 Å². The van der Waals surface area contributed by atoms with E-state index in [1.807, 2.05) is 13.8 Å². The zero-order valence-electron chi connectivity index (χ0n) is 6.76. The highest BCUT2D eigenvalue weighted by Gasteiger charge is 2.21. The van der Waals surface area contributed by atoms with Crippen molar-refractivity contribution >= 4 is 0 Å². The second-order valence-corrected chi connectivity index (χ2v) is 2.43. The standard InChI is InChI=1S/C4H9NO2.C2H6/c1-4(2,3)5(6)7;1-2/h1-3H3;1-2H3. The fourth-order valence-corrected chi connectivity index (χ4v) is 0. The summed E-state index contributed by atoms with van der Waals surface area (Å²) in [4.78, 5) is 9.51. The van der Waals surface area contributed by atoms with Crippen molar-refractivity contribution in [3.63, 3.8) is 0 Å². The van der Waals surface area contributed by atoms with Gasteiger partial charge in [-0.3, -0.25) is 10.1 Å². The molecule has 0 rings (SSSR count). The molecule has 9 heavy (non-hydrogen) atoms. The number of rotatable bonds is 0. The predicted molar refractivity (Wildman–Crippen MR) is 38.1 cm³/mol. The number of hydrogen-bond donors (Lipinski definition) is 0. The maximum Gasteiger partial charge on any atom is 0.214 e. The first-order chi connectivity index (χ1) is 3.94. The predicted octanol–water partition coefficient (Wildman–Crippen LogP) is 2.09. The van der Waals surface area contributed by atoms with Gasteiger partial charge in [0.2, 0.25) is 5.54 Å². The van der Waals surface area contributed by atoms with E-state index in [1.54, 1.807) is 20.8 Å². The van der Waals surface area contributed by atoms with E-state index in [4.69, 9.17) is 0 Å². The van der Waals surface area contributed by atoms with Gasteiger partial charge in [-0.15, -0.1) is 0 Å². The molecule has 0 aromatic carbocycles. The van der Waals surface area contributed by atoms with Crippen LogP contribution in [0.3, 0.4) is 0 Å². The van der Waals surface area contributed by atoms with Gasteiger partial charge in [0.25, 0.3) is 0 Å². The van der Waals surface area contributed by atoms with E-state index in [2.05, 4.69) is 0 Å². The first-order valence-corrected chi connectivity index (χ1v) is 3.09. The van der Waals surface area contributed by atoms with Crippen LogP contribution < -0.4 is 0 Å². The van der Waals surface area contributed by atoms with Gasteiger partial charge in [-0.1, -0.05) is 13.8 Å². The summed E-state index contributed by atoms with van der Waals surface area (Å²) >= 11 is 0. The van der Waals surface area contributed by atoms with Crippen LogP contribution in [0.15, 0.2) is 0 Å². The van der Waals surface area contributed by atoms with Crippen LogP contribution in [0.4, 0.5) is 0 Å². The molecule has 0 unspecified atom stereocenters. The summed E-state index contributed by atoms with van der Waals surface area (Å²) in [6.07, 6.45) is 0. The van der Waals surface area contributed by atoms with Crippen molar-refractivity contribution in [1.29, 1.82) is 0 Å². The lowest BCUT2D eigenvalue weighted by Crippen LogP contribution is -2.25. The van der Waals surface area contributed by atoms with Crippen LogP contribution in [0.1, 0.15) is 34.6 Å². The Morgan fingerprint density at radius 1 is 1.22 bits per heavy atom. The maximum atomic E-state index is 9.83. The van der Waals surface area contributed by atoms with Crippen LogP contribution >= 0.6 is 0 Å². The Labute approximate surface area is 56.2 Å². The Hall–Kier alpha value is -0.600. The SMILES string of the molecule is CC.CC(C)(C)[N+](=O)[O-]. The molecule has 0 aliphatic heterocycles. The molecule has 3 nitrogen and oxygen atoms in total. The molecule has 0 spiro atoms. The molecular weight excluding hydrogens is 118 g/mol. The van der Waals surface area contributed by atoms with E-state index in [0.717, 1.165) is 0 Å². The minimum absolute atomic E-state index is 0.312. The van der Waals surface area contributed by atoms with Crippen LogP contribution in [0.2, 0.25) is 0 Å². The maximum absolute atomic E-state index is 9.83. The molecule has 0 saturated heterocycles. The molecule has 0 bridgehead atoms. The highest BCUT2D eigenvalue weighted by molar-refractivity contribution is 4.54. The fourth-order valence-electron chi connectivity index (χ4n) is 0. The summed E-state index contributed by atoms with van der Waals surface area (Å²) in [6.45, 7) is 8.69. The van der Waals surface area contributed by atoms with Gasteiger partial charge >= 0.3 is 0 Å². The summed E-state index contributed by atoms with van der Waals surface area (Å²) in [5, 5.41) is 9.83. The lowest BCUT2D eigenvalue weighted by atomic mass is 10.1. The Balaban J connectivity index is 0. The average Bonchev–Trinajstić information content (AvgIpc) is 1.69. The zero-order chi connectivity index (χ0) is 8.08. The van der Waals surface area contributed by atoms with Gasteiger partial charge in [0.1, 0.15) is 0 Å². The van der Waals surface area contributed by atoms with E-state index < -0.39 is 5.54 Å². The highest BCUT2D eigenvalue weighted by Crippen LogP contribution is 2.02. The first-order valence-electron chi connectivity index (χ1n) is 3.09. The number of hydrogen-bond acceptors (Lipinski definition) is 2. The molecule has 0 N–H and O–H groups in total. The molecule has 0 amide bonds. The van der Waals surface area contributed by atoms with Crippen molar-refractivity contribution < 1.29 is 4.92 Å². The lowest BCUT2D eigenvalue weighted by Gasteiger charge is -2.05. The Morgan fingerprint density at radius 3 is 1.33 bits per heavy atom. The van der Waals surface area contributed by atoms with Gasteiger partial charge < -0.3 is 0 Å². The largest absolute Gasteiger partial charge is 0.264 e. The molecule has 0 saturated carbocycles. The molecule has 3 heteroatoms. The van der Waals surface area contributed by atoms with Gasteiger partial charge in [0, 0.05) is 25.7 Å². The molecule has 0 aliphatic carbocycles. The van der Waals surface area contributed by atoms with E-state index in [-0.39, 0.29) is 4.92 Å². The summed E-state index contributed by atoms with van der Waals surface area (Å²) in [5.74, 6) is 0. The minimum atomic E-state index is -0.778. The molecule has 0 atom stereocenters. The van der Waals surface area contributed by atoms with Gasteiger partial charge in [-0.05, 0) is 0 Å². The van der Waals surface area contributed by atoms with Gasteiger partial charge in [-0.2, -0.15) is 0 Å². The third-order valence-corrected chi connectivity index (χ3v) is 0.548. The third kappa shape index (κ3) is 7.40. The molecule has 0 fully saturated rings. The summed E-state index contributed by atoms with van der Waals surface area (Å²) in [7, 11) is 0. The molecule has 0 heterocycles. The summed E-state index contributed by atoms with van der Waals surface area (Å²) in [6, 6.07) is 0. The molecule has 0 aromatic rings. The number of nitro groups is 1. The van der Waals surface area contributed by atoms with Crippen molar-refractivity contribution in [3.05, 3.63) is 10.1 Å². The molecule has 0 aliphatic rings. The third-order valence-electron chi connectivity index (χ3n) is 0.548.